The first-order chi connectivity index (χ1) is 13.5. The standard InChI is InChI=1S/C21H22ClN3O3/c1-2-3-6-18-24-17(13-26)20(22)25(18)12-14-7-9-15(10-8-14)16-5-4-11-23-19(16)21(27)28/h4-5,7-11,26H,2-3,6,12-13H2,1H3,(H,27,28). The zero-order chi connectivity index (χ0) is 20.1. The molecule has 0 saturated carbocycles. The summed E-state index contributed by atoms with van der Waals surface area (Å²) >= 11 is 6.41. The average Bonchev–Trinajstić information content (AvgIpc) is 3.01. The lowest BCUT2D eigenvalue weighted by atomic mass is 10.0. The predicted molar refractivity (Wildman–Crippen MR) is 108 cm³/mol. The van der Waals surface area contributed by atoms with Gasteiger partial charge in [0.15, 0.2) is 5.69 Å². The predicted octanol–water partition coefficient (Wildman–Crippen LogP) is 4.18. The van der Waals surface area contributed by atoms with Crippen LogP contribution in [0.25, 0.3) is 11.1 Å². The highest BCUT2D eigenvalue weighted by Crippen LogP contribution is 2.25. The number of aromatic carboxylic acids is 1. The van der Waals surface area contributed by atoms with E-state index in [0.29, 0.717) is 23.0 Å². The number of aliphatic hydroxyl groups is 1. The zero-order valence-corrected chi connectivity index (χ0v) is 16.4. The second-order valence-electron chi connectivity index (χ2n) is 6.51. The van der Waals surface area contributed by atoms with Crippen LogP contribution in [0, 0.1) is 0 Å². The summed E-state index contributed by atoms with van der Waals surface area (Å²) in [4.78, 5) is 19.8. The zero-order valence-electron chi connectivity index (χ0n) is 15.6. The molecule has 6 nitrogen and oxygen atoms in total. The molecule has 0 atom stereocenters. The molecule has 146 valence electrons. The fourth-order valence-electron chi connectivity index (χ4n) is 3.10. The normalized spacial score (nSPS) is 11.0. The molecule has 0 aliphatic heterocycles. The maximum atomic E-state index is 11.4. The van der Waals surface area contributed by atoms with E-state index in [1.165, 1.54) is 6.20 Å². The average molecular weight is 400 g/mol. The van der Waals surface area contributed by atoms with Crippen molar-refractivity contribution in [3.05, 3.63) is 70.5 Å². The molecule has 7 heteroatoms. The number of pyridine rings is 1. The molecule has 0 aliphatic rings. The van der Waals surface area contributed by atoms with Gasteiger partial charge in [-0.3, -0.25) is 0 Å². The molecule has 0 amide bonds. The van der Waals surface area contributed by atoms with E-state index < -0.39 is 5.97 Å². The maximum absolute atomic E-state index is 11.4. The number of aromatic nitrogens is 3. The molecule has 2 N–H and O–H groups in total. The van der Waals surface area contributed by atoms with Crippen LogP contribution in [-0.4, -0.2) is 30.7 Å². The number of halogens is 1. The van der Waals surface area contributed by atoms with Crippen molar-refractivity contribution < 1.29 is 15.0 Å². The number of carboxylic acids is 1. The molecule has 2 heterocycles. The number of nitrogens with zero attached hydrogens (tertiary/aromatic N) is 3. The molecule has 3 rings (SSSR count). The number of aliphatic hydroxyl groups excluding tert-OH is 1. The van der Waals surface area contributed by atoms with E-state index in [9.17, 15) is 15.0 Å². The minimum atomic E-state index is -1.05. The number of imidazole rings is 1. The minimum Gasteiger partial charge on any atom is -0.476 e. The number of carboxylic acid groups (broad SMARTS) is 1. The van der Waals surface area contributed by atoms with Gasteiger partial charge >= 0.3 is 5.97 Å². The Labute approximate surface area is 168 Å². The molecule has 0 fully saturated rings. The van der Waals surface area contributed by atoms with Gasteiger partial charge in [-0.05, 0) is 23.6 Å². The summed E-state index contributed by atoms with van der Waals surface area (Å²) in [6.45, 7) is 2.46. The van der Waals surface area contributed by atoms with Gasteiger partial charge in [-0.1, -0.05) is 55.3 Å². The highest BCUT2D eigenvalue weighted by atomic mass is 35.5. The maximum Gasteiger partial charge on any atom is 0.355 e. The number of aryl methyl sites for hydroxylation is 1. The molecular weight excluding hydrogens is 378 g/mol. The van der Waals surface area contributed by atoms with E-state index in [0.717, 1.165) is 36.2 Å². The molecule has 0 bridgehead atoms. The first-order valence-corrected chi connectivity index (χ1v) is 9.55. The van der Waals surface area contributed by atoms with Crippen LogP contribution in [0.4, 0.5) is 0 Å². The van der Waals surface area contributed by atoms with Crippen LogP contribution in [0.3, 0.4) is 0 Å². The van der Waals surface area contributed by atoms with Crippen molar-refractivity contribution in [2.75, 3.05) is 0 Å². The molecule has 0 unspecified atom stereocenters. The van der Waals surface area contributed by atoms with E-state index in [1.54, 1.807) is 12.1 Å². The summed E-state index contributed by atoms with van der Waals surface area (Å²) in [5.41, 5.74) is 2.89. The number of benzene rings is 1. The van der Waals surface area contributed by atoms with Crippen molar-refractivity contribution in [2.45, 2.75) is 39.3 Å². The van der Waals surface area contributed by atoms with Crippen LogP contribution < -0.4 is 0 Å². The van der Waals surface area contributed by atoms with E-state index in [-0.39, 0.29) is 12.3 Å². The lowest BCUT2D eigenvalue weighted by Gasteiger charge is -2.11. The van der Waals surface area contributed by atoms with Crippen molar-refractivity contribution >= 4 is 17.6 Å². The molecule has 1 aromatic carbocycles. The van der Waals surface area contributed by atoms with Crippen molar-refractivity contribution in [3.63, 3.8) is 0 Å². The summed E-state index contributed by atoms with van der Waals surface area (Å²) in [5.74, 6) is -0.192. The third-order valence-electron chi connectivity index (χ3n) is 4.57. The lowest BCUT2D eigenvalue weighted by molar-refractivity contribution is 0.0691. The lowest BCUT2D eigenvalue weighted by Crippen LogP contribution is -2.06. The van der Waals surface area contributed by atoms with Gasteiger partial charge in [-0.15, -0.1) is 0 Å². The van der Waals surface area contributed by atoms with Gasteiger partial charge in [0.1, 0.15) is 16.7 Å². The van der Waals surface area contributed by atoms with Crippen LogP contribution >= 0.6 is 11.6 Å². The molecule has 0 radical (unpaired) electrons. The number of rotatable bonds is 8. The van der Waals surface area contributed by atoms with E-state index in [1.807, 2.05) is 28.8 Å². The van der Waals surface area contributed by atoms with Crippen molar-refractivity contribution in [3.8, 4) is 11.1 Å². The van der Waals surface area contributed by atoms with Gasteiger partial charge in [0, 0.05) is 18.2 Å². The van der Waals surface area contributed by atoms with Crippen LogP contribution in [0.2, 0.25) is 5.15 Å². The highest BCUT2D eigenvalue weighted by molar-refractivity contribution is 6.30. The molecule has 3 aromatic rings. The topological polar surface area (TPSA) is 88.2 Å². The monoisotopic (exact) mass is 399 g/mol. The summed E-state index contributed by atoms with van der Waals surface area (Å²) in [6, 6.07) is 11.1. The molecule has 28 heavy (non-hydrogen) atoms. The van der Waals surface area contributed by atoms with Crippen LogP contribution in [0.1, 0.15) is 47.3 Å². The fraction of sp³-hybridized carbons (Fsp3) is 0.286. The Morgan fingerprint density at radius 2 is 1.96 bits per heavy atom. The Hall–Kier alpha value is -2.70. The second-order valence-corrected chi connectivity index (χ2v) is 6.87. The van der Waals surface area contributed by atoms with Gasteiger partial charge in [0.2, 0.25) is 0 Å². The molecular formula is C21H22ClN3O3. The van der Waals surface area contributed by atoms with Crippen molar-refractivity contribution in [1.29, 1.82) is 0 Å². The smallest absolute Gasteiger partial charge is 0.355 e. The van der Waals surface area contributed by atoms with Gasteiger partial charge in [0.25, 0.3) is 0 Å². The SMILES string of the molecule is CCCCc1nc(CO)c(Cl)n1Cc1ccc(-c2cccnc2C(=O)O)cc1. The number of carbonyl (C=O) groups is 1. The summed E-state index contributed by atoms with van der Waals surface area (Å²) in [5, 5.41) is 19.2. The Bertz CT molecular complexity index is 968. The van der Waals surface area contributed by atoms with Crippen LogP contribution in [0.5, 0.6) is 0 Å². The first kappa shape index (κ1) is 20.0. The molecule has 0 spiro atoms. The molecule has 0 aliphatic carbocycles. The third-order valence-corrected chi connectivity index (χ3v) is 4.99. The Morgan fingerprint density at radius 1 is 1.21 bits per heavy atom. The van der Waals surface area contributed by atoms with Crippen molar-refractivity contribution in [1.82, 2.24) is 14.5 Å². The largest absolute Gasteiger partial charge is 0.476 e. The highest BCUT2D eigenvalue weighted by Gasteiger charge is 2.16. The Balaban J connectivity index is 1.88. The number of hydrogen-bond donors (Lipinski definition) is 2. The van der Waals surface area contributed by atoms with Crippen LogP contribution in [-0.2, 0) is 19.6 Å². The van der Waals surface area contributed by atoms with Gasteiger partial charge in [-0.2, -0.15) is 0 Å². The van der Waals surface area contributed by atoms with E-state index >= 15 is 0 Å². The summed E-state index contributed by atoms with van der Waals surface area (Å²) in [6.07, 6.45) is 4.31. The number of hydrogen-bond acceptors (Lipinski definition) is 4. The Morgan fingerprint density at radius 3 is 2.61 bits per heavy atom. The number of unbranched alkanes of at least 4 members (excludes halogenated alkanes) is 1. The van der Waals surface area contributed by atoms with Crippen LogP contribution in [0.15, 0.2) is 42.6 Å². The fourth-order valence-corrected chi connectivity index (χ4v) is 3.36. The van der Waals surface area contributed by atoms with Gasteiger partial charge in [-0.25, -0.2) is 14.8 Å². The van der Waals surface area contributed by atoms with Gasteiger partial charge in [0.05, 0.1) is 13.2 Å². The summed E-state index contributed by atoms with van der Waals surface area (Å²) in [7, 11) is 0. The minimum absolute atomic E-state index is 0.0299. The first-order valence-electron chi connectivity index (χ1n) is 9.17. The third kappa shape index (κ3) is 4.24. The van der Waals surface area contributed by atoms with E-state index in [4.69, 9.17) is 11.6 Å². The van der Waals surface area contributed by atoms with Crippen molar-refractivity contribution in [2.24, 2.45) is 0 Å². The van der Waals surface area contributed by atoms with Gasteiger partial charge < -0.3 is 14.8 Å². The molecule has 0 saturated heterocycles. The van der Waals surface area contributed by atoms with E-state index in [2.05, 4.69) is 16.9 Å². The molecule has 2 aromatic heterocycles. The second kappa shape index (κ2) is 8.99. The summed E-state index contributed by atoms with van der Waals surface area (Å²) < 4.78 is 1.92. The Kier molecular flexibility index (Phi) is 6.44. The quantitative estimate of drug-likeness (QED) is 0.593.